The van der Waals surface area contributed by atoms with E-state index in [0.29, 0.717) is 6.54 Å². The maximum absolute atomic E-state index is 13.6. The maximum atomic E-state index is 13.6. The van der Waals surface area contributed by atoms with E-state index in [1.54, 1.807) is 6.07 Å². The number of benzene rings is 1. The van der Waals surface area contributed by atoms with Crippen molar-refractivity contribution in [1.29, 1.82) is 0 Å². The first kappa shape index (κ1) is 13.9. The van der Waals surface area contributed by atoms with Crippen molar-refractivity contribution in [3.8, 4) is 5.75 Å². The molecule has 4 heteroatoms. The van der Waals surface area contributed by atoms with Gasteiger partial charge in [-0.3, -0.25) is 0 Å². The van der Waals surface area contributed by atoms with E-state index in [4.69, 9.17) is 9.47 Å². The Kier molecular flexibility index (Phi) is 5.38. The Morgan fingerprint density at radius 3 is 2.53 bits per heavy atom. The Bertz CT molecular complexity index is 355. The second kappa shape index (κ2) is 6.57. The Morgan fingerprint density at radius 2 is 2.06 bits per heavy atom. The monoisotopic (exact) mass is 241 g/mol. The summed E-state index contributed by atoms with van der Waals surface area (Å²) in [6.07, 6.45) is -0.0566. The van der Waals surface area contributed by atoms with Crippen LogP contribution in [0.15, 0.2) is 18.2 Å². The fourth-order valence-electron chi connectivity index (χ4n) is 1.64. The standard InChI is InChI=1S/C13H20FNO2/c1-9(2)17-13(8-15-3)10-5-6-12(16-4)11(14)7-10/h5-7,9,13,15H,8H2,1-4H3/t13-/m0/s1. The number of ether oxygens (including phenoxy) is 2. The summed E-state index contributed by atoms with van der Waals surface area (Å²) < 4.78 is 24.2. The summed E-state index contributed by atoms with van der Waals surface area (Å²) in [5.74, 6) is -0.111. The lowest BCUT2D eigenvalue weighted by Gasteiger charge is -2.21. The highest BCUT2D eigenvalue weighted by Crippen LogP contribution is 2.24. The zero-order valence-electron chi connectivity index (χ0n) is 10.8. The first-order valence-corrected chi connectivity index (χ1v) is 5.72. The third-order valence-electron chi connectivity index (χ3n) is 2.37. The van der Waals surface area contributed by atoms with Gasteiger partial charge in [-0.1, -0.05) is 6.07 Å². The molecule has 0 heterocycles. The van der Waals surface area contributed by atoms with Crippen molar-refractivity contribution in [2.75, 3.05) is 20.7 Å². The Labute approximate surface area is 102 Å². The summed E-state index contributed by atoms with van der Waals surface area (Å²) >= 11 is 0. The highest BCUT2D eigenvalue weighted by Gasteiger charge is 2.15. The van der Waals surface area contributed by atoms with Gasteiger partial charge in [-0.2, -0.15) is 0 Å². The number of halogens is 1. The molecule has 0 aliphatic heterocycles. The van der Waals surface area contributed by atoms with Crippen LogP contribution >= 0.6 is 0 Å². The molecular formula is C13H20FNO2. The van der Waals surface area contributed by atoms with Crippen LogP contribution < -0.4 is 10.1 Å². The van der Waals surface area contributed by atoms with Crippen molar-refractivity contribution in [3.63, 3.8) is 0 Å². The van der Waals surface area contributed by atoms with E-state index in [0.717, 1.165) is 5.56 Å². The lowest BCUT2D eigenvalue weighted by Crippen LogP contribution is -2.22. The molecule has 0 saturated carbocycles. The summed E-state index contributed by atoms with van der Waals surface area (Å²) in [7, 11) is 3.30. The molecule has 1 rings (SSSR count). The van der Waals surface area contributed by atoms with Gasteiger partial charge in [0.05, 0.1) is 19.3 Å². The topological polar surface area (TPSA) is 30.5 Å². The molecule has 0 aliphatic carbocycles. The van der Waals surface area contributed by atoms with E-state index in [1.807, 2.05) is 27.0 Å². The number of hydrogen-bond acceptors (Lipinski definition) is 3. The van der Waals surface area contributed by atoms with E-state index in [1.165, 1.54) is 13.2 Å². The third-order valence-corrected chi connectivity index (χ3v) is 2.37. The normalized spacial score (nSPS) is 12.8. The third kappa shape index (κ3) is 3.98. The largest absolute Gasteiger partial charge is 0.494 e. The highest BCUT2D eigenvalue weighted by atomic mass is 19.1. The van der Waals surface area contributed by atoms with E-state index in [9.17, 15) is 4.39 Å². The smallest absolute Gasteiger partial charge is 0.165 e. The molecular weight excluding hydrogens is 221 g/mol. The minimum Gasteiger partial charge on any atom is -0.494 e. The van der Waals surface area contributed by atoms with E-state index < -0.39 is 0 Å². The maximum Gasteiger partial charge on any atom is 0.165 e. The second-order valence-electron chi connectivity index (χ2n) is 4.13. The van der Waals surface area contributed by atoms with Gasteiger partial charge in [0, 0.05) is 6.54 Å². The summed E-state index contributed by atoms with van der Waals surface area (Å²) in [5, 5.41) is 3.04. The fraction of sp³-hybridized carbons (Fsp3) is 0.538. The summed E-state index contributed by atoms with van der Waals surface area (Å²) in [5.41, 5.74) is 0.811. The molecule has 1 N–H and O–H groups in total. The summed E-state index contributed by atoms with van der Waals surface area (Å²) in [4.78, 5) is 0. The summed E-state index contributed by atoms with van der Waals surface area (Å²) in [6.45, 7) is 4.56. The molecule has 1 aromatic rings. The molecule has 96 valence electrons. The molecule has 0 bridgehead atoms. The number of likely N-dealkylation sites (N-methyl/N-ethyl adjacent to an activating group) is 1. The average Bonchev–Trinajstić information content (AvgIpc) is 2.28. The number of methoxy groups -OCH3 is 1. The molecule has 0 radical (unpaired) electrons. The van der Waals surface area contributed by atoms with Crippen molar-refractivity contribution in [3.05, 3.63) is 29.6 Å². The number of hydrogen-bond donors (Lipinski definition) is 1. The quantitative estimate of drug-likeness (QED) is 0.830. The van der Waals surface area contributed by atoms with Crippen LogP contribution in [0.4, 0.5) is 4.39 Å². The number of nitrogens with one attached hydrogen (secondary N) is 1. The fourth-order valence-corrected chi connectivity index (χ4v) is 1.64. The highest BCUT2D eigenvalue weighted by molar-refractivity contribution is 5.30. The molecule has 0 unspecified atom stereocenters. The first-order valence-electron chi connectivity index (χ1n) is 5.72. The molecule has 0 saturated heterocycles. The SMILES string of the molecule is CNC[C@H](OC(C)C)c1ccc(OC)c(F)c1. The van der Waals surface area contributed by atoms with Crippen LogP contribution in [0, 0.1) is 5.82 Å². The van der Waals surface area contributed by atoms with Crippen LogP contribution in [0.3, 0.4) is 0 Å². The predicted octanol–water partition coefficient (Wildman–Crippen LogP) is 2.52. The van der Waals surface area contributed by atoms with Gasteiger partial charge in [0.15, 0.2) is 11.6 Å². The van der Waals surface area contributed by atoms with Crippen molar-refractivity contribution in [2.45, 2.75) is 26.1 Å². The van der Waals surface area contributed by atoms with Gasteiger partial charge in [-0.05, 0) is 38.6 Å². The molecule has 17 heavy (non-hydrogen) atoms. The predicted molar refractivity (Wildman–Crippen MR) is 65.8 cm³/mol. The minimum absolute atomic E-state index is 0.0958. The van der Waals surface area contributed by atoms with Crippen molar-refractivity contribution in [2.24, 2.45) is 0 Å². The Morgan fingerprint density at radius 1 is 1.35 bits per heavy atom. The van der Waals surface area contributed by atoms with Gasteiger partial charge in [0.1, 0.15) is 0 Å². The van der Waals surface area contributed by atoms with Gasteiger partial charge in [0.25, 0.3) is 0 Å². The zero-order chi connectivity index (χ0) is 12.8. The van der Waals surface area contributed by atoms with Crippen molar-refractivity contribution in [1.82, 2.24) is 5.32 Å². The van der Waals surface area contributed by atoms with Crippen LogP contribution in [-0.4, -0.2) is 26.8 Å². The second-order valence-corrected chi connectivity index (χ2v) is 4.13. The molecule has 3 nitrogen and oxygen atoms in total. The van der Waals surface area contributed by atoms with E-state index in [-0.39, 0.29) is 23.8 Å². The van der Waals surface area contributed by atoms with Gasteiger partial charge in [-0.15, -0.1) is 0 Å². The van der Waals surface area contributed by atoms with Crippen molar-refractivity contribution >= 4 is 0 Å². The molecule has 1 aromatic carbocycles. The first-order chi connectivity index (χ1) is 8.08. The molecule has 0 amide bonds. The van der Waals surface area contributed by atoms with E-state index >= 15 is 0 Å². The lowest BCUT2D eigenvalue weighted by molar-refractivity contribution is 0.00795. The van der Waals surface area contributed by atoms with Crippen LogP contribution in [0.1, 0.15) is 25.5 Å². The molecule has 0 fully saturated rings. The van der Waals surface area contributed by atoms with Gasteiger partial charge >= 0.3 is 0 Å². The van der Waals surface area contributed by atoms with Crippen molar-refractivity contribution < 1.29 is 13.9 Å². The molecule has 0 spiro atoms. The van der Waals surface area contributed by atoms with Crippen LogP contribution in [0.25, 0.3) is 0 Å². The van der Waals surface area contributed by atoms with Gasteiger partial charge in [-0.25, -0.2) is 4.39 Å². The number of rotatable bonds is 6. The molecule has 1 atom stereocenters. The van der Waals surface area contributed by atoms with Gasteiger partial charge < -0.3 is 14.8 Å². The zero-order valence-corrected chi connectivity index (χ0v) is 10.8. The van der Waals surface area contributed by atoms with Crippen LogP contribution in [-0.2, 0) is 4.74 Å². The lowest BCUT2D eigenvalue weighted by atomic mass is 10.1. The minimum atomic E-state index is -0.363. The Hall–Kier alpha value is -1.13. The van der Waals surface area contributed by atoms with Gasteiger partial charge in [0.2, 0.25) is 0 Å². The molecule has 0 aromatic heterocycles. The average molecular weight is 241 g/mol. The summed E-state index contributed by atoms with van der Waals surface area (Å²) in [6, 6.07) is 4.91. The Balaban J connectivity index is 2.89. The van der Waals surface area contributed by atoms with Crippen LogP contribution in [0.5, 0.6) is 5.75 Å². The van der Waals surface area contributed by atoms with Crippen LogP contribution in [0.2, 0.25) is 0 Å². The van der Waals surface area contributed by atoms with E-state index in [2.05, 4.69) is 5.32 Å². The molecule has 0 aliphatic rings.